The lowest BCUT2D eigenvalue weighted by Crippen LogP contribution is -2.33. The summed E-state index contributed by atoms with van der Waals surface area (Å²) in [6.45, 7) is 4.01. The van der Waals surface area contributed by atoms with Crippen LogP contribution in [0.4, 0.5) is 0 Å². The Labute approximate surface area is 107 Å². The summed E-state index contributed by atoms with van der Waals surface area (Å²) < 4.78 is 5.21. The molecule has 17 heavy (non-hydrogen) atoms. The first-order valence-electron chi connectivity index (χ1n) is 5.46. The van der Waals surface area contributed by atoms with Crippen molar-refractivity contribution in [3.63, 3.8) is 0 Å². The van der Waals surface area contributed by atoms with Crippen molar-refractivity contribution < 1.29 is 9.53 Å². The molecule has 0 atom stereocenters. The lowest BCUT2D eigenvalue weighted by atomic mass is 9.85. The van der Waals surface area contributed by atoms with Gasteiger partial charge in [-0.15, -0.1) is 0 Å². The molecule has 0 saturated carbocycles. The molecule has 0 aliphatic carbocycles. The summed E-state index contributed by atoms with van der Waals surface area (Å²) in [7, 11) is 1.57. The van der Waals surface area contributed by atoms with Crippen molar-refractivity contribution in [3.05, 3.63) is 28.8 Å². The van der Waals surface area contributed by atoms with Crippen LogP contribution >= 0.6 is 11.6 Å². The van der Waals surface area contributed by atoms with Crippen molar-refractivity contribution in [2.75, 3.05) is 13.7 Å². The Morgan fingerprint density at radius 3 is 2.65 bits per heavy atom. The van der Waals surface area contributed by atoms with E-state index in [1.165, 1.54) is 0 Å². The van der Waals surface area contributed by atoms with Gasteiger partial charge in [0.05, 0.1) is 7.11 Å². The number of benzene rings is 1. The zero-order valence-corrected chi connectivity index (χ0v) is 11.2. The number of carbonyl (C=O) groups is 1. The normalized spacial score (nSPS) is 11.4. The maximum atomic E-state index is 12.1. The number of ether oxygens (including phenoxy) is 1. The van der Waals surface area contributed by atoms with Gasteiger partial charge in [-0.3, -0.25) is 4.79 Å². The zero-order chi connectivity index (χ0) is 13.1. The minimum absolute atomic E-state index is 0.0839. The summed E-state index contributed by atoms with van der Waals surface area (Å²) >= 11 is 5.91. The molecule has 0 spiro atoms. The summed E-state index contributed by atoms with van der Waals surface area (Å²) in [6.07, 6.45) is 0.286. The second-order valence-corrected chi connectivity index (χ2v) is 5.08. The number of rotatable bonds is 5. The van der Waals surface area contributed by atoms with E-state index < -0.39 is 5.41 Å². The van der Waals surface area contributed by atoms with Crippen molar-refractivity contribution in [1.82, 2.24) is 0 Å². The Morgan fingerprint density at radius 1 is 1.47 bits per heavy atom. The Balaban J connectivity index is 2.95. The summed E-state index contributed by atoms with van der Waals surface area (Å²) in [5.41, 5.74) is 5.86. The van der Waals surface area contributed by atoms with E-state index in [0.717, 1.165) is 5.56 Å². The van der Waals surface area contributed by atoms with E-state index >= 15 is 0 Å². The van der Waals surface area contributed by atoms with Gasteiger partial charge in [-0.05, 0) is 18.2 Å². The highest BCUT2D eigenvalue weighted by atomic mass is 35.5. The van der Waals surface area contributed by atoms with Crippen molar-refractivity contribution >= 4 is 17.4 Å². The molecule has 94 valence electrons. The van der Waals surface area contributed by atoms with Crippen molar-refractivity contribution in [3.8, 4) is 5.75 Å². The van der Waals surface area contributed by atoms with E-state index in [-0.39, 0.29) is 12.2 Å². The standard InChI is InChI=1S/C13H18ClNO2/c1-13(2,8-15)12(16)7-9-6-10(14)4-5-11(9)17-3/h4-6H,7-8,15H2,1-3H3. The first kappa shape index (κ1) is 14.0. The number of methoxy groups -OCH3 is 1. The summed E-state index contributed by atoms with van der Waals surface area (Å²) in [5, 5.41) is 0.596. The molecule has 1 rings (SSSR count). The smallest absolute Gasteiger partial charge is 0.144 e. The van der Waals surface area contributed by atoms with E-state index in [1.807, 2.05) is 13.8 Å². The summed E-state index contributed by atoms with van der Waals surface area (Å²) in [6, 6.07) is 5.26. The molecule has 0 radical (unpaired) electrons. The van der Waals surface area contributed by atoms with E-state index in [9.17, 15) is 4.79 Å². The highest BCUT2D eigenvalue weighted by molar-refractivity contribution is 6.30. The molecular weight excluding hydrogens is 238 g/mol. The fourth-order valence-corrected chi connectivity index (χ4v) is 1.61. The van der Waals surface area contributed by atoms with Crippen molar-refractivity contribution in [2.45, 2.75) is 20.3 Å². The van der Waals surface area contributed by atoms with Crippen molar-refractivity contribution in [2.24, 2.45) is 11.1 Å². The number of hydrogen-bond donors (Lipinski definition) is 1. The van der Waals surface area contributed by atoms with E-state index in [0.29, 0.717) is 17.3 Å². The average Bonchev–Trinajstić information content (AvgIpc) is 2.29. The molecule has 4 heteroatoms. The lowest BCUT2D eigenvalue weighted by Gasteiger charge is -2.21. The van der Waals surface area contributed by atoms with Crippen LogP contribution in [0.15, 0.2) is 18.2 Å². The quantitative estimate of drug-likeness (QED) is 0.879. The van der Waals surface area contributed by atoms with Crippen molar-refractivity contribution in [1.29, 1.82) is 0 Å². The lowest BCUT2D eigenvalue weighted by molar-refractivity contribution is -0.125. The molecule has 0 amide bonds. The van der Waals surface area contributed by atoms with E-state index in [2.05, 4.69) is 0 Å². The first-order valence-corrected chi connectivity index (χ1v) is 5.84. The monoisotopic (exact) mass is 255 g/mol. The highest BCUT2D eigenvalue weighted by Crippen LogP contribution is 2.26. The molecule has 0 aliphatic rings. The molecule has 1 aromatic rings. The van der Waals surface area contributed by atoms with Crippen LogP contribution in [0.1, 0.15) is 19.4 Å². The van der Waals surface area contributed by atoms with Gasteiger partial charge in [-0.2, -0.15) is 0 Å². The molecule has 2 N–H and O–H groups in total. The third-order valence-electron chi connectivity index (χ3n) is 2.86. The SMILES string of the molecule is COc1ccc(Cl)cc1CC(=O)C(C)(C)CN. The largest absolute Gasteiger partial charge is 0.496 e. The minimum atomic E-state index is -0.521. The molecule has 0 bridgehead atoms. The minimum Gasteiger partial charge on any atom is -0.496 e. The topological polar surface area (TPSA) is 52.3 Å². The summed E-state index contributed by atoms with van der Waals surface area (Å²) in [4.78, 5) is 12.1. The van der Waals surface area contributed by atoms with Gasteiger partial charge in [0.25, 0.3) is 0 Å². The molecule has 0 unspecified atom stereocenters. The molecule has 0 saturated heterocycles. The molecule has 1 aromatic carbocycles. The van der Waals surface area contributed by atoms with Gasteiger partial charge < -0.3 is 10.5 Å². The Morgan fingerprint density at radius 2 is 2.12 bits per heavy atom. The zero-order valence-electron chi connectivity index (χ0n) is 10.4. The molecule has 0 aromatic heterocycles. The Kier molecular flexibility index (Phi) is 4.54. The van der Waals surface area contributed by atoms with Crippen LogP contribution in [-0.4, -0.2) is 19.4 Å². The maximum absolute atomic E-state index is 12.1. The van der Waals surface area contributed by atoms with Crippen LogP contribution in [0.2, 0.25) is 5.02 Å². The van der Waals surface area contributed by atoms with E-state index in [4.69, 9.17) is 22.1 Å². The number of Topliss-reactive ketones (excluding diaryl/α,β-unsaturated/α-hetero) is 1. The van der Waals surface area contributed by atoms with Gasteiger partial charge in [0.15, 0.2) is 0 Å². The fourth-order valence-electron chi connectivity index (χ4n) is 1.41. The second-order valence-electron chi connectivity index (χ2n) is 4.64. The predicted octanol–water partition coefficient (Wildman–Crippen LogP) is 2.45. The maximum Gasteiger partial charge on any atom is 0.144 e. The second kappa shape index (κ2) is 5.52. The molecule has 0 aliphatic heterocycles. The average molecular weight is 256 g/mol. The van der Waals surface area contributed by atoms with Crippen LogP contribution in [0.3, 0.4) is 0 Å². The number of hydrogen-bond acceptors (Lipinski definition) is 3. The number of ketones is 1. The van der Waals surface area contributed by atoms with Crippen LogP contribution in [0.25, 0.3) is 0 Å². The predicted molar refractivity (Wildman–Crippen MR) is 69.6 cm³/mol. The van der Waals surface area contributed by atoms with Crippen LogP contribution in [-0.2, 0) is 11.2 Å². The number of nitrogens with two attached hydrogens (primary N) is 1. The molecule has 3 nitrogen and oxygen atoms in total. The van der Waals surface area contributed by atoms with Gasteiger partial charge in [0, 0.05) is 29.0 Å². The third kappa shape index (κ3) is 3.45. The van der Waals surface area contributed by atoms with Crippen LogP contribution in [0.5, 0.6) is 5.75 Å². The Bertz CT molecular complexity index is 416. The van der Waals surface area contributed by atoms with Gasteiger partial charge >= 0.3 is 0 Å². The van der Waals surface area contributed by atoms with Gasteiger partial charge in [-0.25, -0.2) is 0 Å². The summed E-state index contributed by atoms with van der Waals surface area (Å²) in [5.74, 6) is 0.760. The van der Waals surface area contributed by atoms with Crippen LogP contribution < -0.4 is 10.5 Å². The molecular formula is C13H18ClNO2. The third-order valence-corrected chi connectivity index (χ3v) is 3.09. The Hall–Kier alpha value is -1.06. The molecule has 0 heterocycles. The van der Waals surface area contributed by atoms with E-state index in [1.54, 1.807) is 25.3 Å². The van der Waals surface area contributed by atoms with Gasteiger partial charge in [0.2, 0.25) is 0 Å². The fraction of sp³-hybridized carbons (Fsp3) is 0.462. The highest BCUT2D eigenvalue weighted by Gasteiger charge is 2.26. The number of halogens is 1. The van der Waals surface area contributed by atoms with Gasteiger partial charge in [0.1, 0.15) is 11.5 Å². The van der Waals surface area contributed by atoms with Crippen LogP contribution in [0, 0.1) is 5.41 Å². The first-order chi connectivity index (χ1) is 7.90. The molecule has 0 fully saturated rings. The number of carbonyl (C=O) groups excluding carboxylic acids is 1. The van der Waals surface area contributed by atoms with Gasteiger partial charge in [-0.1, -0.05) is 25.4 Å².